The smallest absolute Gasteiger partial charge is 0.373 e. The van der Waals surface area contributed by atoms with Gasteiger partial charge in [0.25, 0.3) is 0 Å². The Balaban J connectivity index is 1.31. The first-order valence-electron chi connectivity index (χ1n) is 16.2. The number of esters is 3. The zero-order valence-electron chi connectivity index (χ0n) is 27.0. The molecule has 2 fully saturated rings. The number of aliphatic hydroxyl groups excluding tert-OH is 1. The van der Waals surface area contributed by atoms with Crippen molar-refractivity contribution < 1.29 is 47.7 Å². The topological polar surface area (TPSA) is 121 Å². The van der Waals surface area contributed by atoms with E-state index in [2.05, 4.69) is 6.08 Å². The van der Waals surface area contributed by atoms with E-state index in [4.69, 9.17) is 23.7 Å². The summed E-state index contributed by atoms with van der Waals surface area (Å²) in [5, 5.41) is 11.9. The summed E-state index contributed by atoms with van der Waals surface area (Å²) in [6, 6.07) is 5.51. The Labute approximate surface area is 269 Å². The molecule has 3 heterocycles. The van der Waals surface area contributed by atoms with Crippen LogP contribution in [0.25, 0.3) is 0 Å². The highest BCUT2D eigenvalue weighted by molar-refractivity contribution is 5.90. The highest BCUT2D eigenvalue weighted by Gasteiger charge is 2.69. The predicted octanol–water partition coefficient (Wildman–Crippen LogP) is 3.18. The highest BCUT2D eigenvalue weighted by atomic mass is 16.6. The van der Waals surface area contributed by atoms with Crippen LogP contribution in [0.4, 0.5) is 0 Å². The maximum absolute atomic E-state index is 13.6. The lowest BCUT2D eigenvalue weighted by molar-refractivity contribution is -0.686. The van der Waals surface area contributed by atoms with Crippen molar-refractivity contribution in [1.82, 2.24) is 0 Å². The van der Waals surface area contributed by atoms with Crippen LogP contribution in [0.5, 0.6) is 0 Å². The zero-order valence-corrected chi connectivity index (χ0v) is 27.0. The number of allylic oxidation sites excluding steroid dienone is 3. The lowest BCUT2D eigenvalue weighted by Gasteiger charge is -2.49. The van der Waals surface area contributed by atoms with E-state index >= 15 is 0 Å². The number of cyclic esters (lactones) is 1. The normalized spacial score (nSPS) is 39.7. The second-order valence-corrected chi connectivity index (χ2v) is 13.3. The van der Waals surface area contributed by atoms with Gasteiger partial charge in [0, 0.05) is 54.4 Å². The van der Waals surface area contributed by atoms with E-state index in [9.17, 15) is 19.5 Å². The fourth-order valence-electron chi connectivity index (χ4n) is 8.28. The Morgan fingerprint density at radius 3 is 2.63 bits per heavy atom. The summed E-state index contributed by atoms with van der Waals surface area (Å²) in [5.41, 5.74) is 0.470. The molecule has 1 N–H and O–H groups in total. The number of pyridine rings is 1. The van der Waals surface area contributed by atoms with Crippen molar-refractivity contribution in [2.75, 3.05) is 7.11 Å². The fraction of sp³-hybridized carbons (Fsp3) is 0.556. The molecule has 0 amide bonds. The first-order chi connectivity index (χ1) is 22.0. The Hall–Kier alpha value is -3.60. The van der Waals surface area contributed by atoms with Crippen LogP contribution in [0.15, 0.2) is 78.2 Å². The van der Waals surface area contributed by atoms with Crippen LogP contribution in [0.2, 0.25) is 0 Å². The fourth-order valence-corrected chi connectivity index (χ4v) is 8.28. The summed E-state index contributed by atoms with van der Waals surface area (Å²) < 4.78 is 32.4. The SMILES string of the molecule is CO[C@H]1CC2C=C[C@H]3[C@H]4O[C@]2(/C(C)=C/[C@@H](C)[C@@H]([C@@H](C)OC(=O)C[n+]2ccccc2)OC1=O)[C@@H]3[C@H](O)[C@@H](C)[C@H]4OC(=O)C1=CC=CC1. The predicted molar refractivity (Wildman–Crippen MR) is 165 cm³/mol. The molecule has 246 valence electrons. The van der Waals surface area contributed by atoms with Crippen molar-refractivity contribution in [2.45, 2.75) is 89.3 Å². The molecule has 2 aliphatic heterocycles. The minimum absolute atomic E-state index is 0.0147. The van der Waals surface area contributed by atoms with Gasteiger partial charge < -0.3 is 28.8 Å². The number of ether oxygens (including phenoxy) is 5. The van der Waals surface area contributed by atoms with E-state index in [1.807, 2.05) is 63.3 Å². The first kappa shape index (κ1) is 32.3. The van der Waals surface area contributed by atoms with Gasteiger partial charge in [-0.3, -0.25) is 0 Å². The van der Waals surface area contributed by atoms with Crippen LogP contribution >= 0.6 is 0 Å². The molecule has 6 rings (SSSR count). The van der Waals surface area contributed by atoms with Gasteiger partial charge in [-0.2, -0.15) is 4.57 Å². The van der Waals surface area contributed by atoms with Crippen LogP contribution in [0, 0.1) is 29.6 Å². The van der Waals surface area contributed by atoms with E-state index in [1.165, 1.54) is 7.11 Å². The molecule has 0 radical (unpaired) electrons. The maximum Gasteiger partial charge on any atom is 0.373 e. The number of hydrogen-bond acceptors (Lipinski definition) is 9. The van der Waals surface area contributed by atoms with Crippen molar-refractivity contribution in [3.8, 4) is 0 Å². The standard InChI is InChI=1S/C36H44NO9/c1-20-17-21(2)36-25(18-27(42-5)35(41)44-31(20)23(4)43-28(38)19-37-15-9-6-10-16-37)13-14-26-29(36)30(39)22(3)32(33(26)46-36)45-34(40)24-11-7-8-12-24/h6-11,13-17,20,22-23,25-27,29-33,39H,12,18-19H2,1-5H3/q+1/b21-17+/t20-,22-,23-,25?,26-,27+,29+,30-,31+,32-,33-,36+/m1/s1. The van der Waals surface area contributed by atoms with Crippen LogP contribution < -0.4 is 4.57 Å². The number of hydrogen-bond donors (Lipinski definition) is 1. The number of carbonyl (C=O) groups excluding carboxylic acids is 3. The van der Waals surface area contributed by atoms with Crippen molar-refractivity contribution in [3.63, 3.8) is 0 Å². The molecule has 1 saturated heterocycles. The first-order valence-corrected chi connectivity index (χ1v) is 16.2. The lowest BCUT2D eigenvalue weighted by atomic mass is 9.57. The van der Waals surface area contributed by atoms with E-state index in [1.54, 1.807) is 30.0 Å². The summed E-state index contributed by atoms with van der Waals surface area (Å²) in [6.45, 7) is 7.54. The molecule has 3 aliphatic carbocycles. The van der Waals surface area contributed by atoms with Gasteiger partial charge in [-0.1, -0.05) is 56.4 Å². The zero-order chi connectivity index (χ0) is 32.7. The molecule has 12 atom stereocenters. The van der Waals surface area contributed by atoms with Crippen LogP contribution in [-0.2, 0) is 44.6 Å². The van der Waals surface area contributed by atoms with Gasteiger partial charge in [-0.25, -0.2) is 14.4 Å². The third-order valence-corrected chi connectivity index (χ3v) is 10.5. The summed E-state index contributed by atoms with van der Waals surface area (Å²) in [5.74, 6) is -3.04. The van der Waals surface area contributed by atoms with Crippen LogP contribution in [-0.4, -0.2) is 72.3 Å². The van der Waals surface area contributed by atoms with E-state index in [0.29, 0.717) is 12.0 Å². The molecule has 4 bridgehead atoms. The van der Waals surface area contributed by atoms with Crippen molar-refractivity contribution in [1.29, 1.82) is 0 Å². The Morgan fingerprint density at radius 2 is 1.93 bits per heavy atom. The minimum Gasteiger partial charge on any atom is -0.456 e. The third kappa shape index (κ3) is 5.65. The molecule has 10 heteroatoms. The summed E-state index contributed by atoms with van der Waals surface area (Å²) in [6.07, 6.45) is 11.4. The van der Waals surface area contributed by atoms with Crippen LogP contribution in [0.3, 0.4) is 0 Å². The number of rotatable bonds is 7. The summed E-state index contributed by atoms with van der Waals surface area (Å²) in [4.78, 5) is 39.6. The third-order valence-electron chi connectivity index (χ3n) is 10.5. The highest BCUT2D eigenvalue weighted by Crippen LogP contribution is 2.61. The molecular formula is C36H44NO9+. The van der Waals surface area contributed by atoms with Crippen LogP contribution in [0.1, 0.15) is 40.5 Å². The van der Waals surface area contributed by atoms with Crippen molar-refractivity contribution in [3.05, 3.63) is 78.2 Å². The number of nitrogens with zero attached hydrogens (tertiary/aromatic N) is 1. The Bertz CT molecular complexity index is 1470. The van der Waals surface area contributed by atoms with E-state index < -0.39 is 60.1 Å². The van der Waals surface area contributed by atoms with Crippen molar-refractivity contribution >= 4 is 17.9 Å². The van der Waals surface area contributed by atoms with Gasteiger partial charge in [0.2, 0.25) is 6.54 Å². The lowest BCUT2D eigenvalue weighted by Crippen LogP contribution is -2.57. The molecule has 1 spiro atoms. The maximum atomic E-state index is 13.6. The number of carbonyl (C=O) groups is 3. The molecule has 1 unspecified atom stereocenters. The minimum atomic E-state index is -0.982. The monoisotopic (exact) mass is 634 g/mol. The van der Waals surface area contributed by atoms with Gasteiger partial charge in [0.05, 0.1) is 6.10 Å². The second-order valence-electron chi connectivity index (χ2n) is 13.3. The van der Waals surface area contributed by atoms with Crippen molar-refractivity contribution in [2.24, 2.45) is 29.6 Å². The molecule has 46 heavy (non-hydrogen) atoms. The molecule has 1 aromatic rings. The molecular weight excluding hydrogens is 590 g/mol. The van der Waals surface area contributed by atoms with E-state index in [0.717, 1.165) is 5.57 Å². The second kappa shape index (κ2) is 12.9. The molecule has 1 aromatic heterocycles. The van der Waals surface area contributed by atoms with Gasteiger partial charge in [0.1, 0.15) is 30.0 Å². The average Bonchev–Trinajstić information content (AvgIpc) is 3.64. The van der Waals surface area contributed by atoms with Gasteiger partial charge in [-0.15, -0.1) is 0 Å². The number of aliphatic hydroxyl groups is 1. The largest absolute Gasteiger partial charge is 0.456 e. The molecule has 10 nitrogen and oxygen atoms in total. The van der Waals surface area contributed by atoms with E-state index in [-0.39, 0.29) is 42.6 Å². The molecule has 5 aliphatic rings. The Morgan fingerprint density at radius 1 is 1.17 bits per heavy atom. The molecule has 0 aromatic carbocycles. The summed E-state index contributed by atoms with van der Waals surface area (Å²) in [7, 11) is 1.47. The number of methoxy groups -OCH3 is 1. The Kier molecular flexibility index (Phi) is 9.06. The quantitative estimate of drug-likeness (QED) is 0.209. The van der Waals surface area contributed by atoms with Gasteiger partial charge in [-0.05, 0) is 32.3 Å². The number of aromatic nitrogens is 1. The van der Waals surface area contributed by atoms with Gasteiger partial charge in [0.15, 0.2) is 18.5 Å². The average molecular weight is 635 g/mol. The molecule has 1 saturated carbocycles. The van der Waals surface area contributed by atoms with Gasteiger partial charge >= 0.3 is 17.9 Å². The summed E-state index contributed by atoms with van der Waals surface area (Å²) >= 11 is 0.